The van der Waals surface area contributed by atoms with Gasteiger partial charge in [0.15, 0.2) is 6.04 Å². The van der Waals surface area contributed by atoms with Crippen LogP contribution in [0.3, 0.4) is 0 Å². The van der Waals surface area contributed by atoms with Crippen molar-refractivity contribution in [1.82, 2.24) is 10.2 Å². The largest absolute Gasteiger partial charge is 0.480 e. The molecule has 0 spiro atoms. The molecule has 2 amide bonds. The van der Waals surface area contributed by atoms with Gasteiger partial charge in [0.25, 0.3) is 0 Å². The maximum atomic E-state index is 11.9. The van der Waals surface area contributed by atoms with Crippen molar-refractivity contribution in [2.75, 3.05) is 6.54 Å². The first-order valence-corrected chi connectivity index (χ1v) is 5.95. The molecule has 1 saturated heterocycles. The van der Waals surface area contributed by atoms with Gasteiger partial charge in [-0.15, -0.1) is 0 Å². The van der Waals surface area contributed by atoms with Crippen molar-refractivity contribution < 1.29 is 19.8 Å². The predicted molar refractivity (Wildman–Crippen MR) is 61.7 cm³/mol. The summed E-state index contributed by atoms with van der Waals surface area (Å²) in [5.74, 6) is -1.22. The minimum atomic E-state index is -1.25. The summed E-state index contributed by atoms with van der Waals surface area (Å²) in [6.07, 6.45) is 1.65. The van der Waals surface area contributed by atoms with Gasteiger partial charge in [0.05, 0.1) is 6.10 Å². The van der Waals surface area contributed by atoms with Gasteiger partial charge in [-0.3, -0.25) is 0 Å². The number of carbonyl (C=O) groups is 2. The summed E-state index contributed by atoms with van der Waals surface area (Å²) in [6, 6.07) is -1.47. The molecular weight excluding hydrogens is 224 g/mol. The highest BCUT2D eigenvalue weighted by Gasteiger charge is 2.31. The fourth-order valence-corrected chi connectivity index (χ4v) is 2.13. The van der Waals surface area contributed by atoms with Crippen molar-refractivity contribution in [3.8, 4) is 0 Å². The average molecular weight is 244 g/mol. The number of urea groups is 1. The minimum absolute atomic E-state index is 0.179. The van der Waals surface area contributed by atoms with E-state index in [1.807, 2.05) is 6.92 Å². The van der Waals surface area contributed by atoms with Crippen LogP contribution in [0.4, 0.5) is 4.79 Å². The van der Waals surface area contributed by atoms with E-state index < -0.39 is 24.1 Å². The topological polar surface area (TPSA) is 89.9 Å². The molecule has 3 unspecified atom stereocenters. The molecule has 6 heteroatoms. The van der Waals surface area contributed by atoms with E-state index in [1.54, 1.807) is 4.90 Å². The van der Waals surface area contributed by atoms with Crippen LogP contribution in [0.2, 0.25) is 0 Å². The van der Waals surface area contributed by atoms with Crippen LogP contribution in [0, 0.1) is 0 Å². The second kappa shape index (κ2) is 5.86. The van der Waals surface area contributed by atoms with Crippen LogP contribution in [0.15, 0.2) is 0 Å². The highest BCUT2D eigenvalue weighted by Crippen LogP contribution is 2.19. The zero-order chi connectivity index (χ0) is 13.0. The van der Waals surface area contributed by atoms with Gasteiger partial charge in [-0.05, 0) is 26.2 Å². The van der Waals surface area contributed by atoms with Crippen LogP contribution in [0.1, 0.15) is 33.1 Å². The van der Waals surface area contributed by atoms with E-state index in [2.05, 4.69) is 5.32 Å². The number of aliphatic hydroxyl groups excluding tert-OH is 1. The molecule has 0 aromatic heterocycles. The first-order chi connectivity index (χ1) is 7.97. The lowest BCUT2D eigenvalue weighted by Gasteiger charge is -2.26. The molecule has 1 aliphatic heterocycles. The number of nitrogens with zero attached hydrogens (tertiary/aromatic N) is 1. The summed E-state index contributed by atoms with van der Waals surface area (Å²) < 4.78 is 0. The number of hydrogen-bond donors (Lipinski definition) is 3. The minimum Gasteiger partial charge on any atom is -0.480 e. The number of carboxylic acid groups (broad SMARTS) is 1. The lowest BCUT2D eigenvalue weighted by Crippen LogP contribution is -2.53. The van der Waals surface area contributed by atoms with E-state index in [1.165, 1.54) is 6.92 Å². The van der Waals surface area contributed by atoms with Crippen molar-refractivity contribution in [3.63, 3.8) is 0 Å². The summed E-state index contributed by atoms with van der Waals surface area (Å²) in [5, 5.41) is 20.5. The number of hydrogen-bond acceptors (Lipinski definition) is 3. The molecule has 0 radical (unpaired) electrons. The zero-order valence-corrected chi connectivity index (χ0v) is 10.2. The van der Waals surface area contributed by atoms with Gasteiger partial charge >= 0.3 is 12.0 Å². The number of likely N-dealkylation sites (tertiary alicyclic amines) is 1. The monoisotopic (exact) mass is 244 g/mol. The van der Waals surface area contributed by atoms with E-state index in [-0.39, 0.29) is 6.04 Å². The Hall–Kier alpha value is -1.30. The van der Waals surface area contributed by atoms with Crippen LogP contribution in [-0.2, 0) is 4.79 Å². The molecule has 1 aliphatic rings. The molecule has 3 atom stereocenters. The molecule has 0 saturated carbocycles. The van der Waals surface area contributed by atoms with Crippen molar-refractivity contribution in [3.05, 3.63) is 0 Å². The maximum absolute atomic E-state index is 11.9. The van der Waals surface area contributed by atoms with Crippen LogP contribution in [-0.4, -0.2) is 51.8 Å². The Morgan fingerprint density at radius 1 is 1.53 bits per heavy atom. The number of aliphatic hydroxyl groups is 1. The fraction of sp³-hybridized carbons (Fsp3) is 0.818. The molecule has 0 bridgehead atoms. The first kappa shape index (κ1) is 13.8. The van der Waals surface area contributed by atoms with Gasteiger partial charge in [-0.1, -0.05) is 6.92 Å². The lowest BCUT2D eigenvalue weighted by atomic mass is 10.1. The summed E-state index contributed by atoms with van der Waals surface area (Å²) in [6.45, 7) is 4.00. The Morgan fingerprint density at radius 2 is 2.18 bits per heavy atom. The Balaban J connectivity index is 2.61. The number of amides is 2. The second-order valence-electron chi connectivity index (χ2n) is 4.40. The van der Waals surface area contributed by atoms with Crippen molar-refractivity contribution in [2.45, 2.75) is 51.3 Å². The molecule has 98 valence electrons. The maximum Gasteiger partial charge on any atom is 0.328 e. The SMILES string of the molecule is CCC1CCCN1C(=O)NC(C(=O)O)C(C)O. The average Bonchev–Trinajstić information content (AvgIpc) is 2.72. The van der Waals surface area contributed by atoms with Crippen molar-refractivity contribution in [2.24, 2.45) is 0 Å². The molecular formula is C11H20N2O4. The van der Waals surface area contributed by atoms with E-state index in [4.69, 9.17) is 5.11 Å². The summed E-state index contributed by atoms with van der Waals surface area (Å²) in [7, 11) is 0. The lowest BCUT2D eigenvalue weighted by molar-refractivity contribution is -0.141. The molecule has 17 heavy (non-hydrogen) atoms. The number of nitrogens with one attached hydrogen (secondary N) is 1. The number of rotatable bonds is 4. The predicted octanol–water partition coefficient (Wildman–Crippen LogP) is 0.404. The third kappa shape index (κ3) is 3.33. The molecule has 0 aromatic carbocycles. The Morgan fingerprint density at radius 3 is 2.65 bits per heavy atom. The van der Waals surface area contributed by atoms with Gasteiger partial charge in [-0.25, -0.2) is 9.59 Å². The van der Waals surface area contributed by atoms with Crippen LogP contribution < -0.4 is 5.32 Å². The van der Waals surface area contributed by atoms with E-state index >= 15 is 0 Å². The molecule has 0 aromatic rings. The molecule has 6 nitrogen and oxygen atoms in total. The molecule has 1 rings (SSSR count). The Kier molecular flexibility index (Phi) is 4.74. The van der Waals surface area contributed by atoms with Gasteiger partial charge in [-0.2, -0.15) is 0 Å². The highest BCUT2D eigenvalue weighted by atomic mass is 16.4. The summed E-state index contributed by atoms with van der Waals surface area (Å²) >= 11 is 0. The van der Waals surface area contributed by atoms with Gasteiger partial charge in [0.1, 0.15) is 0 Å². The van der Waals surface area contributed by atoms with E-state index in [0.29, 0.717) is 6.54 Å². The number of carboxylic acids is 1. The molecule has 3 N–H and O–H groups in total. The van der Waals surface area contributed by atoms with E-state index in [0.717, 1.165) is 19.3 Å². The fourth-order valence-electron chi connectivity index (χ4n) is 2.13. The molecule has 0 aliphatic carbocycles. The van der Waals surface area contributed by atoms with Gasteiger partial charge in [0, 0.05) is 12.6 Å². The van der Waals surface area contributed by atoms with E-state index in [9.17, 15) is 14.7 Å². The van der Waals surface area contributed by atoms with Crippen LogP contribution in [0.25, 0.3) is 0 Å². The standard InChI is InChI=1S/C11H20N2O4/c1-3-8-5-4-6-13(8)11(17)12-9(7(2)14)10(15)16/h7-9,14H,3-6H2,1-2H3,(H,12,17)(H,15,16). The van der Waals surface area contributed by atoms with Gasteiger partial charge in [0.2, 0.25) is 0 Å². The second-order valence-corrected chi connectivity index (χ2v) is 4.40. The number of carbonyl (C=O) groups excluding carboxylic acids is 1. The molecule has 1 fully saturated rings. The summed E-state index contributed by atoms with van der Waals surface area (Å²) in [4.78, 5) is 24.4. The van der Waals surface area contributed by atoms with Crippen LogP contribution in [0.5, 0.6) is 0 Å². The van der Waals surface area contributed by atoms with Gasteiger partial charge < -0.3 is 20.4 Å². The van der Waals surface area contributed by atoms with Crippen LogP contribution >= 0.6 is 0 Å². The Bertz CT molecular complexity index is 293. The smallest absolute Gasteiger partial charge is 0.328 e. The Labute approximate surface area is 101 Å². The normalized spacial score (nSPS) is 23.2. The number of aliphatic carboxylic acids is 1. The van der Waals surface area contributed by atoms with Crippen molar-refractivity contribution in [1.29, 1.82) is 0 Å². The zero-order valence-electron chi connectivity index (χ0n) is 10.2. The highest BCUT2D eigenvalue weighted by molar-refractivity contribution is 5.83. The van der Waals surface area contributed by atoms with Crippen molar-refractivity contribution >= 4 is 12.0 Å². The first-order valence-electron chi connectivity index (χ1n) is 5.95. The quantitative estimate of drug-likeness (QED) is 0.668. The third-order valence-electron chi connectivity index (χ3n) is 3.14. The third-order valence-corrected chi connectivity index (χ3v) is 3.14. The molecule has 1 heterocycles. The summed E-state index contributed by atoms with van der Waals surface area (Å²) in [5.41, 5.74) is 0.